The van der Waals surface area contributed by atoms with Crippen LogP contribution in [0.15, 0.2) is 146 Å². The summed E-state index contributed by atoms with van der Waals surface area (Å²) in [6.45, 7) is 0. The van der Waals surface area contributed by atoms with Gasteiger partial charge in [0.2, 0.25) is 0 Å². The Balaban J connectivity index is 1.39. The van der Waals surface area contributed by atoms with Crippen molar-refractivity contribution in [3.63, 3.8) is 0 Å². The van der Waals surface area contributed by atoms with Gasteiger partial charge in [-0.1, -0.05) is 109 Å². The fourth-order valence-corrected chi connectivity index (χ4v) is 7.23. The average molecular weight is 561 g/mol. The number of nitrogens with zero attached hydrogens (tertiary/aromatic N) is 4. The molecule has 0 saturated carbocycles. The number of benzene rings is 7. The number of hydrogen-bond acceptors (Lipinski definition) is 2. The van der Waals surface area contributed by atoms with Crippen LogP contribution in [0.2, 0.25) is 0 Å². The van der Waals surface area contributed by atoms with Gasteiger partial charge in [-0.3, -0.25) is 0 Å². The maximum Gasteiger partial charge on any atom is 0.137 e. The highest BCUT2D eigenvalue weighted by Gasteiger charge is 2.26. The summed E-state index contributed by atoms with van der Waals surface area (Å²) in [6.07, 6.45) is 0. The fraction of sp³-hybridized carbons (Fsp3) is 0. The molecule has 0 radical (unpaired) electrons. The van der Waals surface area contributed by atoms with E-state index >= 15 is 0 Å². The molecule has 4 nitrogen and oxygen atoms in total. The van der Waals surface area contributed by atoms with Crippen LogP contribution in [0.4, 0.5) is 0 Å². The van der Waals surface area contributed by atoms with Crippen LogP contribution < -0.4 is 0 Å². The lowest BCUT2D eigenvalue weighted by Crippen LogP contribution is -1.99. The lowest BCUT2D eigenvalue weighted by atomic mass is 9.93. The molecule has 44 heavy (non-hydrogen) atoms. The van der Waals surface area contributed by atoms with Crippen molar-refractivity contribution >= 4 is 43.6 Å². The van der Waals surface area contributed by atoms with E-state index in [1.807, 2.05) is 30.3 Å². The highest BCUT2D eigenvalue weighted by Crippen LogP contribution is 2.49. The molecule has 0 atom stereocenters. The monoisotopic (exact) mass is 560 g/mol. The maximum atomic E-state index is 5.12. The molecule has 0 N–H and O–H groups in total. The van der Waals surface area contributed by atoms with E-state index in [0.717, 1.165) is 39.1 Å². The van der Waals surface area contributed by atoms with E-state index in [1.54, 1.807) is 4.80 Å². The Morgan fingerprint density at radius 2 is 1.09 bits per heavy atom. The van der Waals surface area contributed by atoms with Crippen molar-refractivity contribution in [1.82, 2.24) is 19.6 Å². The smallest absolute Gasteiger partial charge is 0.137 e. The number of aromatic nitrogens is 4. The molecule has 4 heteroatoms. The Hall–Kier alpha value is -6.00. The molecule has 2 heterocycles. The van der Waals surface area contributed by atoms with Crippen molar-refractivity contribution in [3.8, 4) is 44.8 Å². The van der Waals surface area contributed by atoms with Crippen LogP contribution in [0, 0.1) is 0 Å². The molecule has 10 rings (SSSR count). The number of para-hydroxylation sites is 1. The zero-order valence-corrected chi connectivity index (χ0v) is 23.6. The number of fused-ring (bicyclic) bond motifs is 4. The molecule has 7 aromatic carbocycles. The minimum Gasteiger partial charge on any atom is -0.307 e. The first-order valence-corrected chi connectivity index (χ1v) is 14.9. The molecule has 0 amide bonds. The Morgan fingerprint density at radius 3 is 1.89 bits per heavy atom. The average Bonchev–Trinajstić information content (AvgIpc) is 3.65. The summed E-state index contributed by atoms with van der Waals surface area (Å²) in [4.78, 5) is 1.76. The summed E-state index contributed by atoms with van der Waals surface area (Å²) in [6, 6.07) is 51.9. The van der Waals surface area contributed by atoms with Crippen LogP contribution >= 0.6 is 0 Å². The van der Waals surface area contributed by atoms with Crippen molar-refractivity contribution in [2.45, 2.75) is 0 Å². The summed E-state index contributed by atoms with van der Waals surface area (Å²) in [7, 11) is 0. The van der Waals surface area contributed by atoms with Gasteiger partial charge in [0.15, 0.2) is 0 Å². The molecule has 0 spiro atoms. The molecule has 9 aromatic rings. The molecule has 0 fully saturated rings. The van der Waals surface area contributed by atoms with Crippen molar-refractivity contribution in [2.24, 2.45) is 0 Å². The third kappa shape index (κ3) is 3.17. The first kappa shape index (κ1) is 23.6. The van der Waals surface area contributed by atoms with Gasteiger partial charge >= 0.3 is 0 Å². The highest BCUT2D eigenvalue weighted by atomic mass is 15.5. The minimum atomic E-state index is 0.857. The third-order valence-electron chi connectivity index (χ3n) is 9.11. The zero-order valence-electron chi connectivity index (χ0n) is 23.6. The largest absolute Gasteiger partial charge is 0.307 e. The van der Waals surface area contributed by atoms with Crippen LogP contribution in [0.25, 0.3) is 88.4 Å². The van der Waals surface area contributed by atoms with Crippen LogP contribution in [-0.2, 0) is 0 Å². The first-order chi connectivity index (χ1) is 21.8. The van der Waals surface area contributed by atoms with Gasteiger partial charge in [-0.25, -0.2) is 0 Å². The van der Waals surface area contributed by atoms with Crippen molar-refractivity contribution < 1.29 is 0 Å². The van der Waals surface area contributed by atoms with E-state index in [0.29, 0.717) is 0 Å². The van der Waals surface area contributed by atoms with Crippen molar-refractivity contribution in [2.75, 3.05) is 0 Å². The Morgan fingerprint density at radius 1 is 0.432 bits per heavy atom. The third-order valence-corrected chi connectivity index (χ3v) is 9.11. The summed E-state index contributed by atoms with van der Waals surface area (Å²) < 4.78 is 2.41. The molecule has 204 valence electrons. The predicted octanol–water partition coefficient (Wildman–Crippen LogP) is 9.99. The Kier molecular flexibility index (Phi) is 4.69. The molecule has 1 aliphatic rings. The molecular formula is C40H24N4. The van der Waals surface area contributed by atoms with Crippen LogP contribution in [-0.4, -0.2) is 19.6 Å². The standard InChI is InChI=1S/C40H24N4/c1-3-11-25(12-4-1)27-23-33-40(42-44(41-33)28-14-5-2-6-15-28)36(24-27)43-34-20-10-19-32-30-17-8-7-16-29(30)31-18-9-13-26-21-22-35(43)39(37(26)31)38(32)34/h1-24H. The molecule has 1 aliphatic carbocycles. The van der Waals surface area contributed by atoms with Gasteiger partial charge in [0.1, 0.15) is 11.0 Å². The first-order valence-electron chi connectivity index (χ1n) is 14.9. The topological polar surface area (TPSA) is 35.6 Å². The summed E-state index contributed by atoms with van der Waals surface area (Å²) >= 11 is 0. The van der Waals surface area contributed by atoms with E-state index in [9.17, 15) is 0 Å². The molecular weight excluding hydrogens is 536 g/mol. The second kappa shape index (κ2) is 8.76. The van der Waals surface area contributed by atoms with Gasteiger partial charge < -0.3 is 4.57 Å². The fourth-order valence-electron chi connectivity index (χ4n) is 7.23. The number of hydrogen-bond donors (Lipinski definition) is 0. The van der Waals surface area contributed by atoms with Crippen molar-refractivity contribution in [3.05, 3.63) is 146 Å². The molecule has 0 aliphatic heterocycles. The molecule has 0 bridgehead atoms. The maximum absolute atomic E-state index is 5.12. The quantitative estimate of drug-likeness (QED) is 0.216. The lowest BCUT2D eigenvalue weighted by Gasteiger charge is -2.14. The lowest BCUT2D eigenvalue weighted by molar-refractivity contribution is 0.765. The summed E-state index contributed by atoms with van der Waals surface area (Å²) in [5, 5.41) is 15.3. The van der Waals surface area contributed by atoms with E-state index < -0.39 is 0 Å². The van der Waals surface area contributed by atoms with Gasteiger partial charge in [-0.2, -0.15) is 4.80 Å². The second-order valence-electron chi connectivity index (χ2n) is 11.5. The SMILES string of the molecule is c1ccc(-c2cc(-n3c4cccc5c4c4c6c(cccc6ccc43)-c3ccccc3-5)c3nn(-c4ccccc4)nc3c2)cc1. The van der Waals surface area contributed by atoms with E-state index in [2.05, 4.69) is 120 Å². The van der Waals surface area contributed by atoms with Gasteiger partial charge in [0.05, 0.1) is 22.4 Å². The van der Waals surface area contributed by atoms with Crippen LogP contribution in [0.3, 0.4) is 0 Å². The van der Waals surface area contributed by atoms with E-state index in [1.165, 1.54) is 49.3 Å². The molecule has 0 unspecified atom stereocenters. The van der Waals surface area contributed by atoms with Crippen LogP contribution in [0.5, 0.6) is 0 Å². The van der Waals surface area contributed by atoms with Gasteiger partial charge in [-0.15, -0.1) is 10.2 Å². The summed E-state index contributed by atoms with van der Waals surface area (Å²) in [5.41, 5.74) is 13.3. The summed E-state index contributed by atoms with van der Waals surface area (Å²) in [5.74, 6) is 0. The van der Waals surface area contributed by atoms with Crippen molar-refractivity contribution in [1.29, 1.82) is 0 Å². The minimum absolute atomic E-state index is 0.857. The van der Waals surface area contributed by atoms with Gasteiger partial charge in [0.25, 0.3) is 0 Å². The normalized spacial score (nSPS) is 12.1. The van der Waals surface area contributed by atoms with E-state index in [4.69, 9.17) is 10.2 Å². The molecule has 0 saturated heterocycles. The van der Waals surface area contributed by atoms with Gasteiger partial charge in [-0.05, 0) is 80.6 Å². The van der Waals surface area contributed by atoms with E-state index in [-0.39, 0.29) is 0 Å². The van der Waals surface area contributed by atoms with Crippen LogP contribution in [0.1, 0.15) is 0 Å². The second-order valence-corrected chi connectivity index (χ2v) is 11.5. The zero-order chi connectivity index (χ0) is 28.8. The Labute approximate surface area is 253 Å². The highest BCUT2D eigenvalue weighted by molar-refractivity contribution is 6.30. The molecule has 2 aromatic heterocycles. The number of rotatable bonds is 3. The van der Waals surface area contributed by atoms with Gasteiger partial charge in [0, 0.05) is 10.8 Å². The Bertz CT molecular complexity index is 2590. The predicted molar refractivity (Wildman–Crippen MR) is 181 cm³/mol.